The first-order chi connectivity index (χ1) is 16.9. The van der Waals surface area contributed by atoms with Gasteiger partial charge in [-0.1, -0.05) is 47.1 Å². The van der Waals surface area contributed by atoms with E-state index in [-0.39, 0.29) is 11.7 Å². The molecule has 178 valence electrons. The van der Waals surface area contributed by atoms with Crippen LogP contribution in [0.4, 0.5) is 5.69 Å². The molecular weight excluding hydrogens is 503 g/mol. The number of benzene rings is 3. The highest BCUT2D eigenvalue weighted by atomic mass is 35.5. The molecule has 0 saturated heterocycles. The van der Waals surface area contributed by atoms with Crippen LogP contribution in [-0.2, 0) is 4.79 Å². The molecule has 0 aliphatic rings. The van der Waals surface area contributed by atoms with E-state index in [1.165, 1.54) is 11.8 Å². The van der Waals surface area contributed by atoms with Crippen LogP contribution < -0.4 is 10.3 Å². The van der Waals surface area contributed by atoms with Gasteiger partial charge < -0.3 is 4.90 Å². The Morgan fingerprint density at radius 2 is 1.60 bits per heavy atom. The lowest BCUT2D eigenvalue weighted by molar-refractivity contribution is -0.118. The summed E-state index contributed by atoms with van der Waals surface area (Å²) in [4.78, 5) is 14.4. The molecule has 0 unspecified atom stereocenters. The first kappa shape index (κ1) is 24.8. The van der Waals surface area contributed by atoms with Gasteiger partial charge in [-0.15, -0.1) is 10.2 Å². The Bertz CT molecular complexity index is 1320. The summed E-state index contributed by atoms with van der Waals surface area (Å²) in [5.74, 6) is 0.490. The maximum Gasteiger partial charge on any atom is 0.250 e. The highest BCUT2D eigenvalue weighted by molar-refractivity contribution is 7.99. The number of nitrogens with one attached hydrogen (secondary N) is 1. The standard InChI is InChI=1S/C25H22Cl2N6OS/c1-32(2)21-11-3-17(4-12-21)15-28-29-23(34)16-35-25-31-30-24(18-5-7-19(26)8-6-18)33(25)22-13-9-20(27)10-14-22/h3-15H,16H2,1-2H3,(H,29,34)/b28-15+. The van der Waals surface area contributed by atoms with Gasteiger partial charge in [-0.3, -0.25) is 9.36 Å². The molecule has 1 heterocycles. The molecule has 0 fully saturated rings. The largest absolute Gasteiger partial charge is 0.378 e. The van der Waals surface area contributed by atoms with Crippen LogP contribution in [0.5, 0.6) is 0 Å². The summed E-state index contributed by atoms with van der Waals surface area (Å²) in [5.41, 5.74) is 6.21. The summed E-state index contributed by atoms with van der Waals surface area (Å²) in [6, 6.07) is 22.5. The van der Waals surface area contributed by atoms with Crippen LogP contribution in [-0.4, -0.2) is 46.7 Å². The van der Waals surface area contributed by atoms with Crippen LogP contribution >= 0.6 is 35.0 Å². The number of aromatic nitrogens is 3. The molecule has 0 aliphatic carbocycles. The smallest absolute Gasteiger partial charge is 0.250 e. The lowest BCUT2D eigenvalue weighted by atomic mass is 10.2. The minimum absolute atomic E-state index is 0.114. The highest BCUT2D eigenvalue weighted by Gasteiger charge is 2.17. The summed E-state index contributed by atoms with van der Waals surface area (Å²) >= 11 is 13.4. The van der Waals surface area contributed by atoms with E-state index in [2.05, 4.69) is 20.7 Å². The number of halogens is 2. The van der Waals surface area contributed by atoms with E-state index in [9.17, 15) is 4.79 Å². The molecule has 1 N–H and O–H groups in total. The fraction of sp³-hybridized carbons (Fsp3) is 0.120. The minimum atomic E-state index is -0.255. The summed E-state index contributed by atoms with van der Waals surface area (Å²) in [6.45, 7) is 0. The van der Waals surface area contributed by atoms with Gasteiger partial charge in [0.1, 0.15) is 0 Å². The van der Waals surface area contributed by atoms with Gasteiger partial charge in [0.25, 0.3) is 5.91 Å². The van der Waals surface area contributed by atoms with Gasteiger partial charge in [0.2, 0.25) is 0 Å². The summed E-state index contributed by atoms with van der Waals surface area (Å²) in [5, 5.41) is 14.6. The molecule has 4 rings (SSSR count). The molecule has 0 bridgehead atoms. The molecule has 35 heavy (non-hydrogen) atoms. The van der Waals surface area contributed by atoms with E-state index >= 15 is 0 Å². The zero-order chi connectivity index (χ0) is 24.8. The molecule has 0 saturated carbocycles. The lowest BCUT2D eigenvalue weighted by Gasteiger charge is -2.11. The van der Waals surface area contributed by atoms with Gasteiger partial charge in [-0.2, -0.15) is 5.10 Å². The number of anilines is 1. The van der Waals surface area contributed by atoms with Crippen molar-refractivity contribution in [3.05, 3.63) is 88.4 Å². The van der Waals surface area contributed by atoms with Gasteiger partial charge in [-0.25, -0.2) is 5.43 Å². The lowest BCUT2D eigenvalue weighted by Crippen LogP contribution is -2.20. The van der Waals surface area contributed by atoms with Crippen molar-refractivity contribution in [2.75, 3.05) is 24.7 Å². The Balaban J connectivity index is 1.47. The normalized spacial score (nSPS) is 11.1. The van der Waals surface area contributed by atoms with Crippen molar-refractivity contribution >= 4 is 52.8 Å². The van der Waals surface area contributed by atoms with Crippen LogP contribution in [0.3, 0.4) is 0 Å². The van der Waals surface area contributed by atoms with E-state index in [0.29, 0.717) is 21.0 Å². The predicted molar refractivity (Wildman–Crippen MR) is 144 cm³/mol. The Hall–Kier alpha value is -3.33. The summed E-state index contributed by atoms with van der Waals surface area (Å²) < 4.78 is 1.88. The first-order valence-electron chi connectivity index (χ1n) is 10.6. The molecule has 1 aromatic heterocycles. The molecule has 4 aromatic rings. The fourth-order valence-electron chi connectivity index (χ4n) is 3.17. The molecule has 3 aromatic carbocycles. The van der Waals surface area contributed by atoms with Gasteiger partial charge >= 0.3 is 0 Å². The number of hydrogen-bond donors (Lipinski definition) is 1. The maximum absolute atomic E-state index is 12.4. The van der Waals surface area contributed by atoms with Crippen molar-refractivity contribution in [2.45, 2.75) is 5.16 Å². The molecule has 0 radical (unpaired) electrons. The molecule has 7 nitrogen and oxygen atoms in total. The van der Waals surface area contributed by atoms with Crippen molar-refractivity contribution in [1.29, 1.82) is 0 Å². The molecular formula is C25H22Cl2N6OS. The van der Waals surface area contributed by atoms with Gasteiger partial charge in [0.15, 0.2) is 11.0 Å². The van der Waals surface area contributed by atoms with Crippen molar-refractivity contribution < 1.29 is 4.79 Å². The van der Waals surface area contributed by atoms with Crippen molar-refractivity contribution in [1.82, 2.24) is 20.2 Å². The van der Waals surface area contributed by atoms with Crippen LogP contribution in [0.1, 0.15) is 5.56 Å². The average Bonchev–Trinajstić information content (AvgIpc) is 3.28. The van der Waals surface area contributed by atoms with Crippen molar-refractivity contribution in [3.63, 3.8) is 0 Å². The van der Waals surface area contributed by atoms with Crippen molar-refractivity contribution in [3.8, 4) is 17.1 Å². The van der Waals surface area contributed by atoms with Gasteiger partial charge in [-0.05, 0) is 66.2 Å². The number of thioether (sulfide) groups is 1. The molecule has 10 heteroatoms. The number of nitrogens with zero attached hydrogens (tertiary/aromatic N) is 5. The second kappa shape index (κ2) is 11.4. The number of rotatable bonds is 8. The zero-order valence-corrected chi connectivity index (χ0v) is 21.3. The monoisotopic (exact) mass is 524 g/mol. The Labute approximate surface area is 217 Å². The van der Waals surface area contributed by atoms with E-state index < -0.39 is 0 Å². The third-order valence-corrected chi connectivity index (χ3v) is 6.40. The number of hydrogen-bond acceptors (Lipinski definition) is 6. The van der Waals surface area contributed by atoms with Gasteiger partial charge in [0, 0.05) is 41.1 Å². The number of amides is 1. The maximum atomic E-state index is 12.4. The fourth-order valence-corrected chi connectivity index (χ4v) is 4.17. The Kier molecular flexibility index (Phi) is 8.07. The molecule has 1 amide bonds. The SMILES string of the molecule is CN(C)c1ccc(/C=N/NC(=O)CSc2nnc(-c3ccc(Cl)cc3)n2-c2ccc(Cl)cc2)cc1. The van der Waals surface area contributed by atoms with E-state index in [1.807, 2.05) is 72.1 Å². The van der Waals surface area contributed by atoms with Crippen molar-refractivity contribution in [2.24, 2.45) is 5.10 Å². The van der Waals surface area contributed by atoms with Gasteiger partial charge in [0.05, 0.1) is 12.0 Å². The van der Waals surface area contributed by atoms with Crippen LogP contribution in [0, 0.1) is 0 Å². The minimum Gasteiger partial charge on any atom is -0.378 e. The average molecular weight is 525 g/mol. The predicted octanol–water partition coefficient (Wildman–Crippen LogP) is 5.55. The van der Waals surface area contributed by atoms with E-state index in [1.54, 1.807) is 30.5 Å². The highest BCUT2D eigenvalue weighted by Crippen LogP contribution is 2.29. The topological polar surface area (TPSA) is 75.4 Å². The third kappa shape index (κ3) is 6.42. The number of carbonyl (C=O) groups is 1. The van der Waals surface area contributed by atoms with E-state index in [4.69, 9.17) is 23.2 Å². The van der Waals surface area contributed by atoms with Crippen LogP contribution in [0.15, 0.2) is 83.1 Å². The Morgan fingerprint density at radius 1 is 0.971 bits per heavy atom. The molecule has 0 atom stereocenters. The number of carbonyl (C=O) groups excluding carboxylic acids is 1. The Morgan fingerprint density at radius 3 is 2.23 bits per heavy atom. The number of hydrazone groups is 1. The van der Waals surface area contributed by atoms with Crippen LogP contribution in [0.2, 0.25) is 10.0 Å². The molecule has 0 aliphatic heterocycles. The third-order valence-electron chi connectivity index (χ3n) is 4.97. The quantitative estimate of drug-likeness (QED) is 0.186. The summed E-state index contributed by atoms with van der Waals surface area (Å²) in [6.07, 6.45) is 1.61. The first-order valence-corrected chi connectivity index (χ1v) is 12.3. The van der Waals surface area contributed by atoms with Crippen LogP contribution in [0.25, 0.3) is 17.1 Å². The second-order valence-electron chi connectivity index (χ2n) is 7.69. The molecule has 0 spiro atoms. The zero-order valence-electron chi connectivity index (χ0n) is 19.0. The second-order valence-corrected chi connectivity index (χ2v) is 9.51. The summed E-state index contributed by atoms with van der Waals surface area (Å²) in [7, 11) is 3.96. The van der Waals surface area contributed by atoms with E-state index in [0.717, 1.165) is 22.5 Å².